The molecule has 0 saturated heterocycles. The van der Waals surface area contributed by atoms with Gasteiger partial charge in [0.2, 0.25) is 0 Å². The van der Waals surface area contributed by atoms with Gasteiger partial charge in [0.1, 0.15) is 0 Å². The van der Waals surface area contributed by atoms with Gasteiger partial charge in [-0.1, -0.05) is 35.9 Å². The van der Waals surface area contributed by atoms with Gasteiger partial charge < -0.3 is 11.1 Å². The molecule has 1 atom stereocenters. The number of aryl methyl sites for hydroxylation is 1. The molecule has 5 heteroatoms. The normalized spacial score (nSPS) is 12.3. The minimum absolute atomic E-state index is 0.105. The number of pyridine rings is 1. The smallest absolute Gasteiger partial charge is 0.252 e. The number of thioether (sulfide) groups is 1. The van der Waals surface area contributed by atoms with E-state index in [1.165, 1.54) is 17.3 Å². The molecule has 1 aromatic carbocycles. The number of nitrogens with zero attached hydrogens (tertiary/aromatic N) is 1. The standard InChI is InChI=1S/C17H19N3OS/c1-13-2-4-14(5-3-13)16(18)8-11-22-12-20-17(21)15-6-9-19-10-7-15/h2-11,16H,12,18H2,1H3,(H,20,21). The molecule has 1 aromatic heterocycles. The van der Waals surface area contributed by atoms with Crippen LogP contribution < -0.4 is 11.1 Å². The Balaban J connectivity index is 1.74. The van der Waals surface area contributed by atoms with Gasteiger partial charge >= 0.3 is 0 Å². The van der Waals surface area contributed by atoms with Crippen LogP contribution in [0.5, 0.6) is 0 Å². The minimum Gasteiger partial charge on any atom is -0.343 e. The molecule has 0 bridgehead atoms. The van der Waals surface area contributed by atoms with Crippen LogP contribution in [0.1, 0.15) is 27.5 Å². The van der Waals surface area contributed by atoms with Crippen molar-refractivity contribution in [2.24, 2.45) is 5.73 Å². The Bertz CT molecular complexity index is 626. The number of aromatic nitrogens is 1. The van der Waals surface area contributed by atoms with Crippen molar-refractivity contribution in [2.75, 3.05) is 5.88 Å². The Hall–Kier alpha value is -2.11. The van der Waals surface area contributed by atoms with Crippen molar-refractivity contribution in [3.05, 3.63) is 77.0 Å². The molecular formula is C17H19N3OS. The van der Waals surface area contributed by atoms with E-state index in [0.717, 1.165) is 5.56 Å². The van der Waals surface area contributed by atoms with Crippen LogP contribution in [0.3, 0.4) is 0 Å². The number of hydrogen-bond acceptors (Lipinski definition) is 4. The Morgan fingerprint density at radius 1 is 1.27 bits per heavy atom. The van der Waals surface area contributed by atoms with Gasteiger partial charge in [0.15, 0.2) is 0 Å². The van der Waals surface area contributed by atoms with E-state index in [1.807, 2.05) is 42.7 Å². The first-order valence-corrected chi connectivity index (χ1v) is 8.00. The summed E-state index contributed by atoms with van der Waals surface area (Å²) in [6.07, 6.45) is 5.12. The predicted octanol–water partition coefficient (Wildman–Crippen LogP) is 3.02. The first kappa shape index (κ1) is 16.3. The fourth-order valence-electron chi connectivity index (χ4n) is 1.80. The highest BCUT2D eigenvalue weighted by atomic mass is 32.2. The van der Waals surface area contributed by atoms with Gasteiger partial charge in [-0.2, -0.15) is 0 Å². The summed E-state index contributed by atoms with van der Waals surface area (Å²) in [5.41, 5.74) is 8.98. The number of carbonyl (C=O) groups excluding carboxylic acids is 1. The molecule has 1 heterocycles. The second kappa shape index (κ2) is 8.36. The average molecular weight is 313 g/mol. The molecule has 0 fully saturated rings. The summed E-state index contributed by atoms with van der Waals surface area (Å²) in [4.78, 5) is 15.7. The third-order valence-corrected chi connectivity index (χ3v) is 3.76. The number of nitrogens with one attached hydrogen (secondary N) is 1. The van der Waals surface area contributed by atoms with Crippen molar-refractivity contribution in [3.63, 3.8) is 0 Å². The van der Waals surface area contributed by atoms with Crippen molar-refractivity contribution in [2.45, 2.75) is 13.0 Å². The van der Waals surface area contributed by atoms with Crippen molar-refractivity contribution in [3.8, 4) is 0 Å². The van der Waals surface area contributed by atoms with Gasteiger partial charge in [-0.15, -0.1) is 11.8 Å². The van der Waals surface area contributed by atoms with Crippen LogP contribution in [0.25, 0.3) is 0 Å². The van der Waals surface area contributed by atoms with E-state index in [4.69, 9.17) is 5.73 Å². The second-order valence-corrected chi connectivity index (χ2v) is 5.71. The van der Waals surface area contributed by atoms with Crippen LogP contribution in [0, 0.1) is 6.92 Å². The first-order valence-electron chi connectivity index (χ1n) is 6.95. The summed E-state index contributed by atoms with van der Waals surface area (Å²) < 4.78 is 0. The van der Waals surface area contributed by atoms with Crippen LogP contribution in [0.4, 0.5) is 0 Å². The fraction of sp³-hybridized carbons (Fsp3) is 0.176. The molecule has 0 aliphatic rings. The molecule has 0 aliphatic heterocycles. The predicted molar refractivity (Wildman–Crippen MR) is 91.4 cm³/mol. The van der Waals surface area contributed by atoms with Gasteiger partial charge in [-0.25, -0.2) is 0 Å². The maximum Gasteiger partial charge on any atom is 0.252 e. The third-order valence-electron chi connectivity index (χ3n) is 3.10. The highest BCUT2D eigenvalue weighted by Crippen LogP contribution is 2.14. The zero-order valence-electron chi connectivity index (χ0n) is 12.4. The van der Waals surface area contributed by atoms with Gasteiger partial charge in [0, 0.05) is 24.0 Å². The number of amides is 1. The van der Waals surface area contributed by atoms with E-state index in [2.05, 4.69) is 10.3 Å². The molecule has 0 spiro atoms. The largest absolute Gasteiger partial charge is 0.343 e. The van der Waals surface area contributed by atoms with E-state index in [1.54, 1.807) is 24.5 Å². The lowest BCUT2D eigenvalue weighted by Gasteiger charge is -2.07. The van der Waals surface area contributed by atoms with Gasteiger partial charge in [-0.3, -0.25) is 9.78 Å². The quantitative estimate of drug-likeness (QED) is 0.635. The third kappa shape index (κ3) is 5.02. The maximum atomic E-state index is 11.8. The van der Waals surface area contributed by atoms with E-state index >= 15 is 0 Å². The van der Waals surface area contributed by atoms with Crippen LogP contribution in [-0.4, -0.2) is 16.8 Å². The molecule has 1 unspecified atom stereocenters. The van der Waals surface area contributed by atoms with Crippen molar-refractivity contribution in [1.29, 1.82) is 0 Å². The van der Waals surface area contributed by atoms with Crippen molar-refractivity contribution in [1.82, 2.24) is 10.3 Å². The molecule has 3 N–H and O–H groups in total. The Labute approximate surface area is 134 Å². The van der Waals surface area contributed by atoms with Crippen LogP contribution in [-0.2, 0) is 0 Å². The zero-order valence-corrected chi connectivity index (χ0v) is 13.2. The maximum absolute atomic E-state index is 11.8. The van der Waals surface area contributed by atoms with Gasteiger partial charge in [0.05, 0.1) is 5.88 Å². The van der Waals surface area contributed by atoms with Gasteiger partial charge in [-0.05, 0) is 30.0 Å². The topological polar surface area (TPSA) is 68.0 Å². The number of benzene rings is 1. The molecule has 4 nitrogen and oxygen atoms in total. The monoisotopic (exact) mass is 313 g/mol. The van der Waals surface area contributed by atoms with Crippen LogP contribution in [0.15, 0.2) is 60.3 Å². The number of rotatable bonds is 6. The molecule has 114 valence electrons. The average Bonchev–Trinajstić information content (AvgIpc) is 2.55. The van der Waals surface area contributed by atoms with E-state index in [9.17, 15) is 4.79 Å². The summed E-state index contributed by atoms with van der Waals surface area (Å²) in [6.45, 7) is 2.05. The summed E-state index contributed by atoms with van der Waals surface area (Å²) in [6, 6.07) is 11.4. The summed E-state index contributed by atoms with van der Waals surface area (Å²) in [5, 5.41) is 4.74. The molecule has 0 saturated carbocycles. The molecule has 0 radical (unpaired) electrons. The Morgan fingerprint density at radius 2 is 1.95 bits per heavy atom. The number of nitrogens with two attached hydrogens (primary N) is 1. The Kier molecular flexibility index (Phi) is 6.18. The van der Waals surface area contributed by atoms with E-state index in [-0.39, 0.29) is 11.9 Å². The summed E-state index contributed by atoms with van der Waals surface area (Å²) in [5.74, 6) is 0.393. The SMILES string of the molecule is Cc1ccc(C(N)C=CSCNC(=O)c2ccncc2)cc1. The minimum atomic E-state index is -0.135. The summed E-state index contributed by atoms with van der Waals surface area (Å²) in [7, 11) is 0. The van der Waals surface area contributed by atoms with E-state index < -0.39 is 0 Å². The van der Waals surface area contributed by atoms with Gasteiger partial charge in [0.25, 0.3) is 5.91 Å². The fourth-order valence-corrected chi connectivity index (χ4v) is 2.39. The second-order valence-electron chi connectivity index (χ2n) is 4.82. The lowest BCUT2D eigenvalue weighted by Crippen LogP contribution is -2.22. The molecular weight excluding hydrogens is 294 g/mol. The number of carbonyl (C=O) groups is 1. The van der Waals surface area contributed by atoms with E-state index in [0.29, 0.717) is 11.4 Å². The lowest BCUT2D eigenvalue weighted by atomic mass is 10.1. The highest BCUT2D eigenvalue weighted by Gasteiger charge is 2.03. The molecule has 1 amide bonds. The summed E-state index contributed by atoms with van der Waals surface area (Å²) >= 11 is 1.49. The molecule has 0 aliphatic carbocycles. The van der Waals surface area contributed by atoms with Crippen LogP contribution in [0.2, 0.25) is 0 Å². The van der Waals surface area contributed by atoms with Crippen molar-refractivity contribution >= 4 is 17.7 Å². The number of hydrogen-bond donors (Lipinski definition) is 2. The van der Waals surface area contributed by atoms with Crippen molar-refractivity contribution < 1.29 is 4.79 Å². The molecule has 2 rings (SSSR count). The first-order chi connectivity index (χ1) is 10.7. The lowest BCUT2D eigenvalue weighted by molar-refractivity contribution is 0.0961. The molecule has 2 aromatic rings. The zero-order chi connectivity index (χ0) is 15.8. The molecule has 22 heavy (non-hydrogen) atoms. The Morgan fingerprint density at radius 3 is 2.64 bits per heavy atom. The van der Waals surface area contributed by atoms with Crippen LogP contribution >= 0.6 is 11.8 Å². The highest BCUT2D eigenvalue weighted by molar-refractivity contribution is 8.02.